The molecule has 2 aliphatic rings. The van der Waals surface area contributed by atoms with Crippen molar-refractivity contribution in [2.45, 2.75) is 51.1 Å². The van der Waals surface area contributed by atoms with Crippen LogP contribution in [0.15, 0.2) is 42.9 Å². The predicted octanol–water partition coefficient (Wildman–Crippen LogP) is 3.67. The Kier molecular flexibility index (Phi) is 9.93. The van der Waals surface area contributed by atoms with Crippen LogP contribution < -0.4 is 10.6 Å². The Morgan fingerprint density at radius 1 is 1.07 bits per heavy atom. The summed E-state index contributed by atoms with van der Waals surface area (Å²) in [5.41, 5.74) is 4.43. The Balaban J connectivity index is 0.000000248. The number of likely N-dealkylation sites (tertiary alicyclic amines) is 1. The molecule has 6 rings (SSSR count). The standard InChI is InChI=1S/C21H24N8O.C8H16N2O2/c1-30-11-10-28-14-16(12-23-28)15-6-8-18(9-7-15)29-20-19(26-27-29)13-22-21(25-20)24-17-4-2-3-5-17;1-10-4-2-7(3-5-10)6-9-8(11)12/h6-9,12-14,17H,2-5,10-11H2,1H3,(H,22,24,25);7,9H,2-6H2,1H3,(H,11,12). The summed E-state index contributed by atoms with van der Waals surface area (Å²) in [5.74, 6) is 1.18. The lowest BCUT2D eigenvalue weighted by Crippen LogP contribution is -2.36. The second-order valence-corrected chi connectivity index (χ2v) is 11.0. The fourth-order valence-electron chi connectivity index (χ4n) is 5.34. The molecule has 1 aliphatic heterocycles. The number of methoxy groups -OCH3 is 1. The highest BCUT2D eigenvalue weighted by molar-refractivity contribution is 5.72. The van der Waals surface area contributed by atoms with Gasteiger partial charge in [-0.15, -0.1) is 5.10 Å². The van der Waals surface area contributed by atoms with E-state index in [0.29, 0.717) is 42.2 Å². The first kappa shape index (κ1) is 29.4. The number of fused-ring (bicyclic) bond motifs is 1. The minimum atomic E-state index is -0.908. The molecule has 42 heavy (non-hydrogen) atoms. The normalized spacial score (nSPS) is 16.3. The highest BCUT2D eigenvalue weighted by atomic mass is 16.5. The number of piperidine rings is 1. The van der Waals surface area contributed by atoms with Crippen LogP contribution in [-0.4, -0.2) is 97.3 Å². The van der Waals surface area contributed by atoms with Gasteiger partial charge >= 0.3 is 6.09 Å². The van der Waals surface area contributed by atoms with E-state index in [0.717, 1.165) is 49.3 Å². The third kappa shape index (κ3) is 7.79. The van der Waals surface area contributed by atoms with E-state index in [1.165, 1.54) is 25.7 Å². The summed E-state index contributed by atoms with van der Waals surface area (Å²) < 4.78 is 8.74. The zero-order chi connectivity index (χ0) is 29.3. The van der Waals surface area contributed by atoms with Crippen molar-refractivity contribution in [2.24, 2.45) is 5.92 Å². The average molecular weight is 577 g/mol. The molecule has 0 radical (unpaired) electrons. The molecule has 3 N–H and O–H groups in total. The van der Waals surface area contributed by atoms with Crippen LogP contribution in [-0.2, 0) is 11.3 Å². The van der Waals surface area contributed by atoms with Crippen LogP contribution in [0.1, 0.15) is 38.5 Å². The van der Waals surface area contributed by atoms with Gasteiger partial charge in [0, 0.05) is 31.5 Å². The van der Waals surface area contributed by atoms with Gasteiger partial charge in [0.1, 0.15) is 0 Å². The van der Waals surface area contributed by atoms with Crippen molar-refractivity contribution in [3.05, 3.63) is 42.9 Å². The van der Waals surface area contributed by atoms with E-state index >= 15 is 0 Å². The summed E-state index contributed by atoms with van der Waals surface area (Å²) in [6.45, 7) is 4.16. The molecule has 0 spiro atoms. The van der Waals surface area contributed by atoms with Gasteiger partial charge in [0.15, 0.2) is 11.2 Å². The molecule has 0 unspecified atom stereocenters. The molecule has 3 aromatic heterocycles. The van der Waals surface area contributed by atoms with E-state index in [9.17, 15) is 4.79 Å². The van der Waals surface area contributed by atoms with Crippen molar-refractivity contribution in [1.82, 2.24) is 45.0 Å². The summed E-state index contributed by atoms with van der Waals surface area (Å²) in [6.07, 6.45) is 11.8. The third-order valence-electron chi connectivity index (χ3n) is 7.86. The molecule has 224 valence electrons. The quantitative estimate of drug-likeness (QED) is 0.269. The second kappa shape index (κ2) is 14.2. The van der Waals surface area contributed by atoms with E-state index in [2.05, 4.69) is 60.1 Å². The van der Waals surface area contributed by atoms with Crippen molar-refractivity contribution in [3.8, 4) is 16.8 Å². The van der Waals surface area contributed by atoms with Crippen molar-refractivity contribution in [3.63, 3.8) is 0 Å². The number of carbonyl (C=O) groups is 1. The molecule has 13 heteroatoms. The Morgan fingerprint density at radius 2 is 1.83 bits per heavy atom. The van der Waals surface area contributed by atoms with Crippen molar-refractivity contribution < 1.29 is 14.6 Å². The number of hydrogen-bond donors (Lipinski definition) is 3. The van der Waals surface area contributed by atoms with E-state index in [-0.39, 0.29) is 0 Å². The van der Waals surface area contributed by atoms with E-state index in [4.69, 9.17) is 9.84 Å². The minimum absolute atomic E-state index is 0.455. The lowest BCUT2D eigenvalue weighted by Gasteiger charge is -2.28. The largest absolute Gasteiger partial charge is 0.465 e. The number of ether oxygens (including phenoxy) is 1. The number of nitrogens with one attached hydrogen (secondary N) is 2. The topological polar surface area (TPSA) is 148 Å². The number of amides is 1. The van der Waals surface area contributed by atoms with Gasteiger partial charge in [0.2, 0.25) is 5.95 Å². The summed E-state index contributed by atoms with van der Waals surface area (Å²) in [5, 5.41) is 27.1. The number of hydrogen-bond acceptors (Lipinski definition) is 9. The van der Waals surface area contributed by atoms with Crippen LogP contribution in [0, 0.1) is 5.92 Å². The zero-order valence-corrected chi connectivity index (χ0v) is 24.3. The maximum Gasteiger partial charge on any atom is 0.404 e. The maximum atomic E-state index is 10.2. The van der Waals surface area contributed by atoms with Gasteiger partial charge in [-0.25, -0.2) is 9.78 Å². The van der Waals surface area contributed by atoms with Crippen molar-refractivity contribution in [1.29, 1.82) is 0 Å². The molecule has 1 saturated carbocycles. The van der Waals surface area contributed by atoms with E-state index in [1.807, 2.05) is 29.2 Å². The van der Waals surface area contributed by atoms with Gasteiger partial charge in [-0.05, 0) is 69.4 Å². The smallest absolute Gasteiger partial charge is 0.404 e. The minimum Gasteiger partial charge on any atom is -0.465 e. The zero-order valence-electron chi connectivity index (χ0n) is 24.3. The van der Waals surface area contributed by atoms with Crippen molar-refractivity contribution >= 4 is 23.2 Å². The fraction of sp³-hybridized carbons (Fsp3) is 0.517. The Labute approximate surface area is 245 Å². The van der Waals surface area contributed by atoms with Crippen LogP contribution >= 0.6 is 0 Å². The highest BCUT2D eigenvalue weighted by Crippen LogP contribution is 2.24. The van der Waals surface area contributed by atoms with Crippen LogP contribution in [0.5, 0.6) is 0 Å². The molecular formula is C29H40N10O3. The van der Waals surface area contributed by atoms with Gasteiger partial charge < -0.3 is 25.4 Å². The average Bonchev–Trinajstić information content (AvgIpc) is 3.78. The van der Waals surface area contributed by atoms with Gasteiger partial charge in [0.05, 0.1) is 31.2 Å². The van der Waals surface area contributed by atoms with Gasteiger partial charge in [-0.2, -0.15) is 14.8 Å². The monoisotopic (exact) mass is 576 g/mol. The second-order valence-electron chi connectivity index (χ2n) is 11.0. The predicted molar refractivity (Wildman–Crippen MR) is 160 cm³/mol. The van der Waals surface area contributed by atoms with Crippen LogP contribution in [0.25, 0.3) is 28.0 Å². The third-order valence-corrected chi connectivity index (χ3v) is 7.86. The lowest BCUT2D eigenvalue weighted by molar-refractivity contribution is 0.182. The number of anilines is 1. The molecule has 1 amide bonds. The van der Waals surface area contributed by atoms with E-state index < -0.39 is 6.09 Å². The number of carboxylic acid groups (broad SMARTS) is 1. The van der Waals surface area contributed by atoms with Crippen LogP contribution in [0.3, 0.4) is 0 Å². The molecule has 0 bridgehead atoms. The molecule has 2 fully saturated rings. The number of aromatic nitrogens is 7. The number of benzene rings is 1. The molecule has 1 saturated heterocycles. The SMILES string of the molecule is CN1CCC(CNC(=O)O)CC1.COCCn1cc(-c2ccc(-n3nnc4cnc(NC5CCCC5)nc43)cc2)cn1. The van der Waals surface area contributed by atoms with Crippen molar-refractivity contribution in [2.75, 3.05) is 45.7 Å². The van der Waals surface area contributed by atoms with Gasteiger partial charge in [-0.1, -0.05) is 30.2 Å². The first-order valence-electron chi connectivity index (χ1n) is 14.6. The number of nitrogens with zero attached hydrogens (tertiary/aromatic N) is 8. The Bertz CT molecular complexity index is 1420. The molecule has 1 aliphatic carbocycles. The summed E-state index contributed by atoms with van der Waals surface area (Å²) in [6, 6.07) is 8.60. The molecule has 1 aromatic carbocycles. The summed E-state index contributed by atoms with van der Waals surface area (Å²) in [4.78, 5) is 21.5. The maximum absolute atomic E-state index is 10.2. The molecule has 4 heterocycles. The van der Waals surface area contributed by atoms with Gasteiger partial charge in [-0.3, -0.25) is 4.68 Å². The highest BCUT2D eigenvalue weighted by Gasteiger charge is 2.18. The van der Waals surface area contributed by atoms with Crippen LogP contribution in [0.4, 0.5) is 10.7 Å². The Hall–Kier alpha value is -4.10. The summed E-state index contributed by atoms with van der Waals surface area (Å²) >= 11 is 0. The summed E-state index contributed by atoms with van der Waals surface area (Å²) in [7, 11) is 3.79. The Morgan fingerprint density at radius 3 is 2.55 bits per heavy atom. The van der Waals surface area contributed by atoms with E-state index in [1.54, 1.807) is 18.0 Å². The fourth-order valence-corrected chi connectivity index (χ4v) is 5.34. The van der Waals surface area contributed by atoms with Crippen LogP contribution in [0.2, 0.25) is 0 Å². The molecular weight excluding hydrogens is 536 g/mol. The first-order valence-corrected chi connectivity index (χ1v) is 14.6. The first-order chi connectivity index (χ1) is 20.5. The molecule has 4 aromatic rings. The molecule has 13 nitrogen and oxygen atoms in total. The van der Waals surface area contributed by atoms with Gasteiger partial charge in [0.25, 0.3) is 0 Å². The molecule has 0 atom stereocenters. The lowest BCUT2D eigenvalue weighted by atomic mass is 9.97. The number of rotatable bonds is 9.